The van der Waals surface area contributed by atoms with E-state index in [1.807, 2.05) is 0 Å². The van der Waals surface area contributed by atoms with E-state index in [0.717, 1.165) is 26.1 Å². The van der Waals surface area contributed by atoms with Crippen LogP contribution in [-0.4, -0.2) is 36.3 Å². The molecule has 1 aromatic rings. The highest BCUT2D eigenvalue weighted by molar-refractivity contribution is 6.18. The van der Waals surface area contributed by atoms with Gasteiger partial charge in [0.25, 0.3) is 0 Å². The highest BCUT2D eigenvalue weighted by Crippen LogP contribution is 2.18. The van der Waals surface area contributed by atoms with E-state index >= 15 is 0 Å². The van der Waals surface area contributed by atoms with E-state index in [9.17, 15) is 0 Å². The Kier molecular flexibility index (Phi) is 7.67. The largest absolute Gasteiger partial charge is 0.301 e. The summed E-state index contributed by atoms with van der Waals surface area (Å²) in [5.41, 5.74) is 1.41. The highest BCUT2D eigenvalue weighted by Gasteiger charge is 2.08. The maximum atomic E-state index is 5.78. The summed E-state index contributed by atoms with van der Waals surface area (Å²) in [6.45, 7) is 5.19. The second kappa shape index (κ2) is 8.79. The lowest BCUT2D eigenvalue weighted by Crippen LogP contribution is -2.29. The second-order valence-corrected chi connectivity index (χ2v) is 5.08. The molecule has 3 heteroatoms. The first kappa shape index (κ1) is 14.8. The fourth-order valence-electron chi connectivity index (χ4n) is 1.90. The van der Waals surface area contributed by atoms with Crippen molar-refractivity contribution in [3.63, 3.8) is 0 Å². The number of hydrogen-bond donors (Lipinski definition) is 0. The van der Waals surface area contributed by atoms with Crippen LogP contribution in [0.15, 0.2) is 30.3 Å². The Labute approximate surface area is 115 Å². The normalized spacial score (nSPS) is 12.9. The molecule has 0 fully saturated rings. The molecule has 0 heterocycles. The summed E-state index contributed by atoms with van der Waals surface area (Å²) < 4.78 is 0. The first-order valence-corrected chi connectivity index (χ1v) is 7.24. The van der Waals surface area contributed by atoms with E-state index < -0.39 is 0 Å². The summed E-state index contributed by atoms with van der Waals surface area (Å²) in [6.07, 6.45) is 1.15. The van der Waals surface area contributed by atoms with E-state index in [1.165, 1.54) is 5.56 Å². The molecule has 0 unspecified atom stereocenters. The van der Waals surface area contributed by atoms with E-state index in [1.54, 1.807) is 0 Å². The number of rotatable bonds is 8. The summed E-state index contributed by atoms with van der Waals surface area (Å²) >= 11 is 11.6. The average molecular weight is 274 g/mol. The number of hydrogen-bond acceptors (Lipinski definition) is 1. The molecule has 0 aromatic heterocycles. The lowest BCUT2D eigenvalue weighted by Gasteiger charge is -2.22. The van der Waals surface area contributed by atoms with Crippen molar-refractivity contribution in [1.82, 2.24) is 4.90 Å². The van der Waals surface area contributed by atoms with E-state index in [4.69, 9.17) is 23.2 Å². The average Bonchev–Trinajstić information content (AvgIpc) is 2.37. The molecule has 0 N–H and O–H groups in total. The molecule has 0 bridgehead atoms. The van der Waals surface area contributed by atoms with Gasteiger partial charge in [0.1, 0.15) is 0 Å². The summed E-state index contributed by atoms with van der Waals surface area (Å²) in [4.78, 5) is 2.33. The van der Waals surface area contributed by atoms with Crippen LogP contribution in [0.4, 0.5) is 0 Å². The van der Waals surface area contributed by atoms with Crippen molar-refractivity contribution in [3.05, 3.63) is 35.9 Å². The van der Waals surface area contributed by atoms with Crippen LogP contribution in [0.3, 0.4) is 0 Å². The summed E-state index contributed by atoms with van der Waals surface area (Å²) in [7, 11) is 0. The predicted molar refractivity (Wildman–Crippen MR) is 77.4 cm³/mol. The molecular weight excluding hydrogens is 253 g/mol. The summed E-state index contributed by atoms with van der Waals surface area (Å²) in [5, 5.41) is 0. The predicted octanol–water partition coefficient (Wildman–Crippen LogP) is 3.96. The van der Waals surface area contributed by atoms with Crippen LogP contribution < -0.4 is 0 Å². The third-order valence-electron chi connectivity index (χ3n) is 3.05. The molecule has 0 amide bonds. The monoisotopic (exact) mass is 273 g/mol. The first-order valence-electron chi connectivity index (χ1n) is 6.17. The van der Waals surface area contributed by atoms with Crippen LogP contribution in [0, 0.1) is 0 Å². The van der Waals surface area contributed by atoms with Gasteiger partial charge in [-0.25, -0.2) is 0 Å². The molecule has 1 nitrogen and oxygen atoms in total. The van der Waals surface area contributed by atoms with Gasteiger partial charge in [-0.15, -0.1) is 23.2 Å². The molecule has 96 valence electrons. The minimum absolute atomic E-state index is 0.587. The van der Waals surface area contributed by atoms with Gasteiger partial charge in [0.2, 0.25) is 0 Å². The van der Waals surface area contributed by atoms with Crippen LogP contribution in [0.2, 0.25) is 0 Å². The Morgan fingerprint density at radius 3 is 2.12 bits per heavy atom. The van der Waals surface area contributed by atoms with Crippen molar-refractivity contribution in [2.24, 2.45) is 0 Å². The minimum Gasteiger partial charge on any atom is -0.301 e. The SMILES string of the molecule is C[C@@H](CCN(CCCl)CCCl)c1ccccc1. The molecule has 0 saturated heterocycles. The van der Waals surface area contributed by atoms with Crippen molar-refractivity contribution in [2.75, 3.05) is 31.4 Å². The Morgan fingerprint density at radius 2 is 1.59 bits per heavy atom. The van der Waals surface area contributed by atoms with Crippen molar-refractivity contribution in [3.8, 4) is 0 Å². The van der Waals surface area contributed by atoms with Crippen molar-refractivity contribution >= 4 is 23.2 Å². The van der Waals surface area contributed by atoms with Crippen LogP contribution >= 0.6 is 23.2 Å². The maximum absolute atomic E-state index is 5.78. The number of nitrogens with zero attached hydrogens (tertiary/aromatic N) is 1. The van der Waals surface area contributed by atoms with Gasteiger partial charge in [-0.05, 0) is 24.4 Å². The second-order valence-electron chi connectivity index (χ2n) is 4.32. The van der Waals surface area contributed by atoms with Gasteiger partial charge in [-0.1, -0.05) is 37.3 Å². The van der Waals surface area contributed by atoms with Crippen LogP contribution in [0.1, 0.15) is 24.8 Å². The Bertz CT molecular complexity index is 284. The van der Waals surface area contributed by atoms with Gasteiger partial charge in [-0.3, -0.25) is 0 Å². The van der Waals surface area contributed by atoms with E-state index in [0.29, 0.717) is 17.7 Å². The Hall–Kier alpha value is -0.240. The fourth-order valence-corrected chi connectivity index (χ4v) is 2.38. The first-order chi connectivity index (χ1) is 8.27. The molecular formula is C14H21Cl2N. The zero-order chi connectivity index (χ0) is 12.5. The van der Waals surface area contributed by atoms with E-state index in [2.05, 4.69) is 42.2 Å². The van der Waals surface area contributed by atoms with Crippen molar-refractivity contribution in [2.45, 2.75) is 19.3 Å². The third kappa shape index (κ3) is 5.76. The molecule has 0 spiro atoms. The molecule has 0 aliphatic rings. The van der Waals surface area contributed by atoms with Gasteiger partial charge in [0.05, 0.1) is 0 Å². The van der Waals surface area contributed by atoms with Crippen LogP contribution in [0.25, 0.3) is 0 Å². The fraction of sp³-hybridized carbons (Fsp3) is 0.571. The van der Waals surface area contributed by atoms with Gasteiger partial charge in [0.15, 0.2) is 0 Å². The van der Waals surface area contributed by atoms with Crippen LogP contribution in [0.5, 0.6) is 0 Å². The molecule has 17 heavy (non-hydrogen) atoms. The quantitative estimate of drug-likeness (QED) is 0.648. The van der Waals surface area contributed by atoms with Gasteiger partial charge in [-0.2, -0.15) is 0 Å². The molecule has 1 atom stereocenters. The molecule has 0 radical (unpaired) electrons. The highest BCUT2D eigenvalue weighted by atomic mass is 35.5. The molecule has 0 saturated carbocycles. The third-order valence-corrected chi connectivity index (χ3v) is 3.39. The summed E-state index contributed by atoms with van der Waals surface area (Å²) in [6, 6.07) is 10.6. The van der Waals surface area contributed by atoms with Crippen LogP contribution in [-0.2, 0) is 0 Å². The number of alkyl halides is 2. The van der Waals surface area contributed by atoms with Crippen molar-refractivity contribution in [1.29, 1.82) is 0 Å². The Balaban J connectivity index is 2.38. The summed E-state index contributed by atoms with van der Waals surface area (Å²) in [5.74, 6) is 1.94. The molecule has 1 rings (SSSR count). The zero-order valence-corrected chi connectivity index (χ0v) is 11.9. The minimum atomic E-state index is 0.587. The molecule has 0 aliphatic heterocycles. The molecule has 1 aromatic carbocycles. The van der Waals surface area contributed by atoms with Gasteiger partial charge < -0.3 is 4.90 Å². The number of halogens is 2. The van der Waals surface area contributed by atoms with Crippen molar-refractivity contribution < 1.29 is 0 Å². The van der Waals surface area contributed by atoms with Gasteiger partial charge >= 0.3 is 0 Å². The van der Waals surface area contributed by atoms with Gasteiger partial charge in [0, 0.05) is 24.8 Å². The van der Waals surface area contributed by atoms with E-state index in [-0.39, 0.29) is 0 Å². The lowest BCUT2D eigenvalue weighted by atomic mass is 9.98. The molecule has 0 aliphatic carbocycles. The maximum Gasteiger partial charge on any atom is 0.0351 e. The topological polar surface area (TPSA) is 3.24 Å². The Morgan fingerprint density at radius 1 is 1.00 bits per heavy atom. The lowest BCUT2D eigenvalue weighted by molar-refractivity contribution is 0.295. The number of benzene rings is 1. The smallest absolute Gasteiger partial charge is 0.0351 e. The zero-order valence-electron chi connectivity index (χ0n) is 10.4. The standard InChI is InChI=1S/C14H21Cl2N/c1-13(14-5-3-2-4-6-14)7-10-17(11-8-15)12-9-16/h2-6,13H,7-12H2,1H3/t13-/m0/s1.